The molecule has 2 aromatic rings. The number of nitrogens with zero attached hydrogens (tertiary/aromatic N) is 2. The van der Waals surface area contributed by atoms with E-state index >= 15 is 0 Å². The monoisotopic (exact) mass is 308 g/mol. The molecule has 0 unspecified atom stereocenters. The van der Waals surface area contributed by atoms with Crippen LogP contribution < -0.4 is 0 Å². The summed E-state index contributed by atoms with van der Waals surface area (Å²) in [6, 6.07) is 9.19. The van der Waals surface area contributed by atoms with Crippen LogP contribution in [0.4, 0.5) is 17.6 Å². The third-order valence-electron chi connectivity index (χ3n) is 2.86. The average Bonchev–Trinajstić information content (AvgIpc) is 2.45. The van der Waals surface area contributed by atoms with Crippen LogP contribution in [0.5, 0.6) is 0 Å². The number of alkyl halides is 3. The maximum absolute atomic E-state index is 13.5. The van der Waals surface area contributed by atoms with E-state index in [9.17, 15) is 17.6 Å². The first-order chi connectivity index (χ1) is 10.4. The van der Waals surface area contributed by atoms with Gasteiger partial charge in [0.25, 0.3) is 0 Å². The molecule has 0 spiro atoms. The minimum Gasteiger partial charge on any atom is -0.206 e. The highest BCUT2D eigenvalue weighted by atomic mass is 19.4. The van der Waals surface area contributed by atoms with Gasteiger partial charge in [-0.15, -0.1) is 0 Å². The van der Waals surface area contributed by atoms with E-state index in [0.717, 1.165) is 17.7 Å². The molecular weight excluding hydrogens is 296 g/mol. The van der Waals surface area contributed by atoms with Crippen molar-refractivity contribution < 1.29 is 17.6 Å². The molecule has 0 radical (unpaired) electrons. The molecule has 0 heterocycles. The molecule has 0 saturated carbocycles. The highest BCUT2D eigenvalue weighted by molar-refractivity contribution is 5.82. The van der Waals surface area contributed by atoms with Gasteiger partial charge >= 0.3 is 6.18 Å². The Morgan fingerprint density at radius 2 is 1.55 bits per heavy atom. The summed E-state index contributed by atoms with van der Waals surface area (Å²) in [5.74, 6) is -0.409. The normalized spacial score (nSPS) is 12.4. The van der Waals surface area contributed by atoms with Crippen LogP contribution in [0.2, 0.25) is 0 Å². The Hall–Kier alpha value is -2.50. The van der Waals surface area contributed by atoms with E-state index in [1.165, 1.54) is 30.6 Å². The lowest BCUT2D eigenvalue weighted by Crippen LogP contribution is -2.04. The third kappa shape index (κ3) is 4.25. The molecule has 2 rings (SSSR count). The van der Waals surface area contributed by atoms with E-state index in [0.29, 0.717) is 5.56 Å². The van der Waals surface area contributed by atoms with Gasteiger partial charge in [-0.25, -0.2) is 4.39 Å². The number of rotatable bonds is 3. The largest absolute Gasteiger partial charge is 0.416 e. The summed E-state index contributed by atoms with van der Waals surface area (Å²) in [6.07, 6.45) is -1.82. The Balaban J connectivity index is 2.04. The Labute approximate surface area is 124 Å². The van der Waals surface area contributed by atoms with Crippen LogP contribution in [-0.2, 0) is 6.18 Å². The van der Waals surface area contributed by atoms with Crippen molar-refractivity contribution in [3.63, 3.8) is 0 Å². The zero-order chi connectivity index (χ0) is 16.2. The molecule has 114 valence electrons. The van der Waals surface area contributed by atoms with Gasteiger partial charge in [0.2, 0.25) is 0 Å². The summed E-state index contributed by atoms with van der Waals surface area (Å²) in [5, 5.41) is 7.37. The number of hydrogen-bond acceptors (Lipinski definition) is 2. The van der Waals surface area contributed by atoms with Gasteiger partial charge in [0.15, 0.2) is 0 Å². The number of hydrogen-bond donors (Lipinski definition) is 0. The first-order valence-corrected chi connectivity index (χ1v) is 6.36. The fourth-order valence-corrected chi connectivity index (χ4v) is 1.69. The lowest BCUT2D eigenvalue weighted by molar-refractivity contribution is -0.137. The van der Waals surface area contributed by atoms with Crippen molar-refractivity contribution in [3.8, 4) is 0 Å². The summed E-state index contributed by atoms with van der Waals surface area (Å²) in [5.41, 5.74) is 0.822. The van der Waals surface area contributed by atoms with Gasteiger partial charge < -0.3 is 0 Å². The molecule has 0 aliphatic carbocycles. The molecule has 0 aliphatic heterocycles. The molecule has 22 heavy (non-hydrogen) atoms. The molecule has 2 aromatic carbocycles. The second kappa shape index (κ2) is 6.51. The second-order valence-electron chi connectivity index (χ2n) is 4.63. The molecule has 6 heteroatoms. The lowest BCUT2D eigenvalue weighted by atomic mass is 10.1. The van der Waals surface area contributed by atoms with E-state index < -0.39 is 17.6 Å². The van der Waals surface area contributed by atoms with Crippen LogP contribution in [0.15, 0.2) is 52.7 Å². The Bertz CT molecular complexity index is 701. The standard InChI is InChI=1S/C16H12F4N2/c1-11-2-5-13(15(17)8-11)10-22-21-9-12-3-6-14(7-4-12)16(18,19)20/h2-10H,1H3. The van der Waals surface area contributed by atoms with Crippen LogP contribution in [0.3, 0.4) is 0 Å². The zero-order valence-electron chi connectivity index (χ0n) is 11.6. The minimum atomic E-state index is -4.36. The van der Waals surface area contributed by atoms with Gasteiger partial charge in [-0.05, 0) is 36.2 Å². The average molecular weight is 308 g/mol. The summed E-state index contributed by atoms with van der Waals surface area (Å²) < 4.78 is 50.7. The molecule has 0 bridgehead atoms. The van der Waals surface area contributed by atoms with Crippen molar-refractivity contribution in [2.75, 3.05) is 0 Å². The number of aryl methyl sites for hydroxylation is 1. The maximum atomic E-state index is 13.5. The van der Waals surface area contributed by atoms with Crippen molar-refractivity contribution >= 4 is 12.4 Å². The predicted molar refractivity (Wildman–Crippen MR) is 77.8 cm³/mol. The van der Waals surface area contributed by atoms with Gasteiger partial charge in [-0.2, -0.15) is 23.4 Å². The smallest absolute Gasteiger partial charge is 0.206 e. The second-order valence-corrected chi connectivity index (χ2v) is 4.63. The molecule has 0 N–H and O–H groups in total. The molecule has 0 fully saturated rings. The van der Waals surface area contributed by atoms with Crippen LogP contribution in [-0.4, -0.2) is 12.4 Å². The lowest BCUT2D eigenvalue weighted by Gasteiger charge is -2.05. The number of halogens is 4. The zero-order valence-corrected chi connectivity index (χ0v) is 11.6. The van der Waals surface area contributed by atoms with Crippen molar-refractivity contribution in [3.05, 3.63) is 70.5 Å². The van der Waals surface area contributed by atoms with E-state index in [-0.39, 0.29) is 5.56 Å². The van der Waals surface area contributed by atoms with Crippen LogP contribution in [0.25, 0.3) is 0 Å². The first kappa shape index (κ1) is 15.9. The highest BCUT2D eigenvalue weighted by Crippen LogP contribution is 2.28. The highest BCUT2D eigenvalue weighted by Gasteiger charge is 2.29. The molecule has 0 saturated heterocycles. The third-order valence-corrected chi connectivity index (χ3v) is 2.86. The van der Waals surface area contributed by atoms with Gasteiger partial charge in [0.1, 0.15) is 5.82 Å². The maximum Gasteiger partial charge on any atom is 0.416 e. The summed E-state index contributed by atoms with van der Waals surface area (Å²) in [6.45, 7) is 1.77. The summed E-state index contributed by atoms with van der Waals surface area (Å²) in [4.78, 5) is 0. The SMILES string of the molecule is Cc1ccc(C=NN=Cc2ccc(C(F)(F)F)cc2)c(F)c1. The molecular formula is C16H12F4N2. The van der Waals surface area contributed by atoms with Gasteiger partial charge in [-0.1, -0.05) is 24.3 Å². The van der Waals surface area contributed by atoms with E-state index in [4.69, 9.17) is 0 Å². The molecule has 0 amide bonds. The van der Waals surface area contributed by atoms with E-state index in [1.807, 2.05) is 0 Å². The molecule has 0 aliphatic rings. The van der Waals surface area contributed by atoms with Crippen molar-refractivity contribution in [2.45, 2.75) is 13.1 Å². The topological polar surface area (TPSA) is 24.7 Å². The fraction of sp³-hybridized carbons (Fsp3) is 0.125. The predicted octanol–water partition coefficient (Wildman–Crippen LogP) is 4.61. The Morgan fingerprint density at radius 3 is 2.14 bits per heavy atom. The van der Waals surface area contributed by atoms with Crippen molar-refractivity contribution in [1.29, 1.82) is 0 Å². The van der Waals surface area contributed by atoms with Gasteiger partial charge in [0, 0.05) is 5.56 Å². The first-order valence-electron chi connectivity index (χ1n) is 6.36. The summed E-state index contributed by atoms with van der Waals surface area (Å²) >= 11 is 0. The van der Waals surface area contributed by atoms with Crippen LogP contribution >= 0.6 is 0 Å². The van der Waals surface area contributed by atoms with Crippen molar-refractivity contribution in [2.24, 2.45) is 10.2 Å². The number of benzene rings is 2. The van der Waals surface area contributed by atoms with Gasteiger partial charge in [-0.3, -0.25) is 0 Å². The van der Waals surface area contributed by atoms with Crippen LogP contribution in [0, 0.1) is 12.7 Å². The molecule has 0 atom stereocenters. The Morgan fingerprint density at radius 1 is 0.909 bits per heavy atom. The Kier molecular flexibility index (Phi) is 4.70. The quantitative estimate of drug-likeness (QED) is 0.449. The van der Waals surface area contributed by atoms with Crippen molar-refractivity contribution in [1.82, 2.24) is 0 Å². The van der Waals surface area contributed by atoms with E-state index in [2.05, 4.69) is 10.2 Å². The molecule has 2 nitrogen and oxygen atoms in total. The fourth-order valence-electron chi connectivity index (χ4n) is 1.69. The van der Waals surface area contributed by atoms with E-state index in [1.54, 1.807) is 19.1 Å². The minimum absolute atomic E-state index is 0.287. The summed E-state index contributed by atoms with van der Waals surface area (Å²) in [7, 11) is 0. The molecule has 0 aromatic heterocycles. The van der Waals surface area contributed by atoms with Crippen LogP contribution in [0.1, 0.15) is 22.3 Å². The van der Waals surface area contributed by atoms with Gasteiger partial charge in [0.05, 0.1) is 18.0 Å².